The zero-order chi connectivity index (χ0) is 14.9. The molecule has 2 heterocycles. The minimum atomic E-state index is -1.07. The van der Waals surface area contributed by atoms with Crippen LogP contribution in [0.3, 0.4) is 0 Å². The number of ether oxygens (including phenoxy) is 1. The quantitative estimate of drug-likeness (QED) is 0.850. The molecule has 0 atom stereocenters. The number of aromatic nitrogens is 3. The Morgan fingerprint density at radius 3 is 2.60 bits per heavy atom. The minimum absolute atomic E-state index is 0.103. The number of carboxylic acids is 1. The van der Waals surface area contributed by atoms with Gasteiger partial charge in [0.05, 0.1) is 18.5 Å². The van der Waals surface area contributed by atoms with E-state index in [0.717, 1.165) is 0 Å². The Labute approximate surface area is 114 Å². The number of aryl methyl sites for hydroxylation is 1. The minimum Gasteiger partial charge on any atom is -0.478 e. The van der Waals surface area contributed by atoms with E-state index in [4.69, 9.17) is 5.11 Å². The topological polar surface area (TPSA) is 94.3 Å². The first-order valence-electron chi connectivity index (χ1n) is 5.80. The number of aromatic carboxylic acids is 1. The molecule has 0 radical (unpaired) electrons. The Morgan fingerprint density at radius 1 is 1.35 bits per heavy atom. The third-order valence-corrected chi connectivity index (χ3v) is 2.90. The van der Waals surface area contributed by atoms with Gasteiger partial charge in [-0.05, 0) is 26.0 Å². The van der Waals surface area contributed by atoms with Gasteiger partial charge < -0.3 is 9.84 Å². The molecule has 1 N–H and O–H groups in total. The Bertz CT molecular complexity index is 691. The molecule has 2 rings (SSSR count). The van der Waals surface area contributed by atoms with Crippen LogP contribution in [0.15, 0.2) is 18.3 Å². The van der Waals surface area contributed by atoms with Crippen LogP contribution in [0, 0.1) is 13.8 Å². The molecule has 0 fully saturated rings. The van der Waals surface area contributed by atoms with Crippen molar-refractivity contribution in [3.63, 3.8) is 0 Å². The molecule has 0 amide bonds. The van der Waals surface area contributed by atoms with Gasteiger partial charge in [-0.15, -0.1) is 0 Å². The highest BCUT2D eigenvalue weighted by molar-refractivity contribution is 5.93. The number of methoxy groups -OCH3 is 1. The van der Waals surface area contributed by atoms with Crippen LogP contribution in [0.2, 0.25) is 0 Å². The number of rotatable bonds is 3. The monoisotopic (exact) mass is 275 g/mol. The SMILES string of the molecule is COC(=O)c1cccnc1-n1nc(C)c(C(=O)O)c1C. The van der Waals surface area contributed by atoms with Crippen molar-refractivity contribution in [2.45, 2.75) is 13.8 Å². The maximum absolute atomic E-state index is 11.7. The van der Waals surface area contributed by atoms with Crippen LogP contribution in [0.25, 0.3) is 5.82 Å². The number of esters is 1. The lowest BCUT2D eigenvalue weighted by atomic mass is 10.2. The summed E-state index contributed by atoms with van der Waals surface area (Å²) in [5.41, 5.74) is 1.08. The molecule has 104 valence electrons. The number of hydrogen-bond acceptors (Lipinski definition) is 5. The summed E-state index contributed by atoms with van der Waals surface area (Å²) in [7, 11) is 1.27. The molecule has 7 nitrogen and oxygen atoms in total. The van der Waals surface area contributed by atoms with E-state index in [2.05, 4.69) is 14.8 Å². The van der Waals surface area contributed by atoms with Crippen LogP contribution in [0.5, 0.6) is 0 Å². The van der Waals surface area contributed by atoms with Crippen LogP contribution in [-0.2, 0) is 4.74 Å². The first-order valence-corrected chi connectivity index (χ1v) is 5.80. The fourth-order valence-corrected chi connectivity index (χ4v) is 1.99. The lowest BCUT2D eigenvalue weighted by Gasteiger charge is -2.08. The molecule has 0 aliphatic heterocycles. The molecule has 0 aromatic carbocycles. The van der Waals surface area contributed by atoms with Gasteiger partial charge in [0.2, 0.25) is 0 Å². The molecule has 0 saturated heterocycles. The van der Waals surface area contributed by atoms with Gasteiger partial charge in [-0.3, -0.25) is 0 Å². The van der Waals surface area contributed by atoms with Gasteiger partial charge in [0.15, 0.2) is 5.82 Å². The normalized spacial score (nSPS) is 10.3. The van der Waals surface area contributed by atoms with Crippen LogP contribution in [-0.4, -0.2) is 38.9 Å². The molecule has 0 aliphatic rings. The van der Waals surface area contributed by atoms with E-state index in [0.29, 0.717) is 11.4 Å². The van der Waals surface area contributed by atoms with Crippen LogP contribution in [0.4, 0.5) is 0 Å². The number of pyridine rings is 1. The number of carboxylic acid groups (broad SMARTS) is 1. The Hall–Kier alpha value is -2.70. The summed E-state index contributed by atoms with van der Waals surface area (Å²) in [4.78, 5) is 27.0. The second kappa shape index (κ2) is 5.12. The summed E-state index contributed by atoms with van der Waals surface area (Å²) in [6, 6.07) is 3.14. The maximum atomic E-state index is 11.7. The van der Waals surface area contributed by atoms with Crippen molar-refractivity contribution in [1.82, 2.24) is 14.8 Å². The number of nitrogens with zero attached hydrogens (tertiary/aromatic N) is 3. The van der Waals surface area contributed by atoms with Crippen molar-refractivity contribution < 1.29 is 19.4 Å². The smallest absolute Gasteiger partial charge is 0.341 e. The molecule has 0 spiro atoms. The van der Waals surface area contributed by atoms with E-state index in [-0.39, 0.29) is 16.9 Å². The summed E-state index contributed by atoms with van der Waals surface area (Å²) in [5, 5.41) is 13.3. The van der Waals surface area contributed by atoms with Gasteiger partial charge in [0, 0.05) is 6.20 Å². The van der Waals surface area contributed by atoms with E-state index < -0.39 is 11.9 Å². The summed E-state index contributed by atoms with van der Waals surface area (Å²) >= 11 is 0. The molecule has 0 unspecified atom stereocenters. The lowest BCUT2D eigenvalue weighted by molar-refractivity contribution is 0.0599. The summed E-state index contributed by atoms with van der Waals surface area (Å²) in [5.74, 6) is -1.38. The maximum Gasteiger partial charge on any atom is 0.341 e. The zero-order valence-electron chi connectivity index (χ0n) is 11.2. The molecule has 0 bridgehead atoms. The van der Waals surface area contributed by atoms with Gasteiger partial charge in [0.25, 0.3) is 0 Å². The average molecular weight is 275 g/mol. The van der Waals surface area contributed by atoms with Gasteiger partial charge >= 0.3 is 11.9 Å². The van der Waals surface area contributed by atoms with Crippen molar-refractivity contribution in [2.24, 2.45) is 0 Å². The van der Waals surface area contributed by atoms with E-state index in [1.54, 1.807) is 26.0 Å². The standard InChI is InChI=1S/C13H13N3O4/c1-7-10(12(17)18)8(2)16(15-7)11-9(13(19)20-3)5-4-6-14-11/h4-6H,1-3H3,(H,17,18). The highest BCUT2D eigenvalue weighted by atomic mass is 16.5. The fraction of sp³-hybridized carbons (Fsp3) is 0.231. The molecule has 2 aromatic rings. The van der Waals surface area contributed by atoms with Crippen molar-refractivity contribution in [1.29, 1.82) is 0 Å². The lowest BCUT2D eigenvalue weighted by Crippen LogP contribution is -2.12. The van der Waals surface area contributed by atoms with Crippen molar-refractivity contribution in [3.8, 4) is 5.82 Å². The van der Waals surface area contributed by atoms with Gasteiger partial charge in [-0.2, -0.15) is 5.10 Å². The number of carbonyl (C=O) groups excluding carboxylic acids is 1. The fourth-order valence-electron chi connectivity index (χ4n) is 1.99. The zero-order valence-corrected chi connectivity index (χ0v) is 11.2. The molecule has 2 aromatic heterocycles. The second-order valence-electron chi connectivity index (χ2n) is 4.13. The second-order valence-corrected chi connectivity index (χ2v) is 4.13. The first-order chi connectivity index (χ1) is 9.47. The Morgan fingerprint density at radius 2 is 2.05 bits per heavy atom. The molecule has 7 heteroatoms. The predicted molar refractivity (Wildman–Crippen MR) is 69.1 cm³/mol. The summed E-state index contributed by atoms with van der Waals surface area (Å²) in [6.45, 7) is 3.20. The third-order valence-electron chi connectivity index (χ3n) is 2.90. The highest BCUT2D eigenvalue weighted by Gasteiger charge is 2.22. The van der Waals surface area contributed by atoms with Gasteiger partial charge in [0.1, 0.15) is 11.1 Å². The van der Waals surface area contributed by atoms with Crippen molar-refractivity contribution >= 4 is 11.9 Å². The van der Waals surface area contributed by atoms with Crippen LogP contribution >= 0.6 is 0 Å². The first kappa shape index (κ1) is 13.7. The Kier molecular flexibility index (Phi) is 3.51. The largest absolute Gasteiger partial charge is 0.478 e. The van der Waals surface area contributed by atoms with E-state index in [1.165, 1.54) is 18.0 Å². The predicted octanol–water partition coefficient (Wildman–Crippen LogP) is 1.37. The van der Waals surface area contributed by atoms with Crippen molar-refractivity contribution in [2.75, 3.05) is 7.11 Å². The Balaban J connectivity index is 2.67. The molecular weight excluding hydrogens is 262 g/mol. The molecule has 20 heavy (non-hydrogen) atoms. The molecule has 0 saturated carbocycles. The third kappa shape index (κ3) is 2.13. The summed E-state index contributed by atoms with van der Waals surface area (Å²) < 4.78 is 6.02. The van der Waals surface area contributed by atoms with E-state index in [1.807, 2.05) is 0 Å². The summed E-state index contributed by atoms with van der Waals surface area (Å²) in [6.07, 6.45) is 1.50. The molecular formula is C13H13N3O4. The van der Waals surface area contributed by atoms with E-state index in [9.17, 15) is 9.59 Å². The van der Waals surface area contributed by atoms with E-state index >= 15 is 0 Å². The van der Waals surface area contributed by atoms with Gasteiger partial charge in [-0.25, -0.2) is 19.3 Å². The van der Waals surface area contributed by atoms with Crippen LogP contribution in [0.1, 0.15) is 32.1 Å². The number of hydrogen-bond donors (Lipinski definition) is 1. The molecule has 0 aliphatic carbocycles. The van der Waals surface area contributed by atoms with Gasteiger partial charge in [-0.1, -0.05) is 0 Å². The van der Waals surface area contributed by atoms with Crippen LogP contribution < -0.4 is 0 Å². The number of carbonyl (C=O) groups is 2. The average Bonchev–Trinajstić information content (AvgIpc) is 2.73. The van der Waals surface area contributed by atoms with Crippen molar-refractivity contribution in [3.05, 3.63) is 40.8 Å². The highest BCUT2D eigenvalue weighted by Crippen LogP contribution is 2.19.